The summed E-state index contributed by atoms with van der Waals surface area (Å²) in [5.74, 6) is -0.676. The van der Waals surface area contributed by atoms with Crippen molar-refractivity contribution >= 4 is 54.0 Å². The van der Waals surface area contributed by atoms with Crippen LogP contribution in [0, 0.1) is 5.92 Å². The summed E-state index contributed by atoms with van der Waals surface area (Å²) in [5.41, 5.74) is 3.38. The number of amides is 4. The van der Waals surface area contributed by atoms with Gasteiger partial charge in [0.25, 0.3) is 17.7 Å². The molecular formula is C53H54N4O7Si. The normalized spacial score (nSPS) is 18.9. The van der Waals surface area contributed by atoms with Crippen LogP contribution in [-0.2, 0) is 33.0 Å². The topological polar surface area (TPSA) is 138 Å². The molecule has 0 saturated carbocycles. The Labute approximate surface area is 381 Å². The van der Waals surface area contributed by atoms with Gasteiger partial charge in [0.15, 0.2) is 5.60 Å². The Morgan fingerprint density at radius 3 is 1.91 bits per heavy atom. The summed E-state index contributed by atoms with van der Waals surface area (Å²) in [5, 5.41) is 17.3. The highest BCUT2D eigenvalue weighted by Crippen LogP contribution is 2.60. The molecule has 12 heteroatoms. The van der Waals surface area contributed by atoms with Gasteiger partial charge in [0, 0.05) is 47.1 Å². The summed E-state index contributed by atoms with van der Waals surface area (Å²) in [6.07, 6.45) is -0.704. The molecule has 0 unspecified atom stereocenters. The number of ether oxygens (including phenoxy) is 2. The third-order valence-electron chi connectivity index (χ3n) is 13.0. The monoisotopic (exact) mass is 886 g/mol. The Kier molecular flexibility index (Phi) is 13.1. The average Bonchev–Trinajstić information content (AvgIpc) is 3.75. The van der Waals surface area contributed by atoms with E-state index in [-0.39, 0.29) is 55.3 Å². The summed E-state index contributed by atoms with van der Waals surface area (Å²) in [4.78, 5) is 60.1. The van der Waals surface area contributed by atoms with E-state index in [9.17, 15) is 19.5 Å². The maximum Gasteiger partial charge on any atom is 0.264 e. The van der Waals surface area contributed by atoms with Crippen LogP contribution in [0.4, 0.5) is 17.1 Å². The van der Waals surface area contributed by atoms with Crippen molar-refractivity contribution in [1.29, 1.82) is 0 Å². The van der Waals surface area contributed by atoms with Gasteiger partial charge in [-0.2, -0.15) is 0 Å². The van der Waals surface area contributed by atoms with Crippen molar-refractivity contribution in [2.24, 2.45) is 5.92 Å². The van der Waals surface area contributed by atoms with Gasteiger partial charge < -0.3 is 35.0 Å². The molecule has 0 aromatic heterocycles. The van der Waals surface area contributed by atoms with Crippen molar-refractivity contribution in [3.8, 4) is 5.75 Å². The molecular weight excluding hydrogens is 833 g/mol. The van der Waals surface area contributed by atoms with Gasteiger partial charge in [-0.3, -0.25) is 19.2 Å². The number of hydrogen-bond acceptors (Lipinski definition) is 7. The van der Waals surface area contributed by atoms with Crippen LogP contribution < -0.4 is 25.5 Å². The highest BCUT2D eigenvalue weighted by atomic mass is 28.3. The second kappa shape index (κ2) is 19.1. The first-order chi connectivity index (χ1) is 31.4. The van der Waals surface area contributed by atoms with E-state index in [4.69, 9.17) is 9.47 Å². The van der Waals surface area contributed by atoms with Gasteiger partial charge in [-0.25, -0.2) is 0 Å². The third kappa shape index (κ3) is 9.10. The fourth-order valence-corrected chi connectivity index (χ4v) is 13.7. The Balaban J connectivity index is 1.18. The molecule has 8 rings (SSSR count). The van der Waals surface area contributed by atoms with Crippen LogP contribution in [0.1, 0.15) is 50.8 Å². The first-order valence-electron chi connectivity index (χ1n) is 22.0. The van der Waals surface area contributed by atoms with E-state index in [0.29, 0.717) is 40.3 Å². The summed E-state index contributed by atoms with van der Waals surface area (Å²) in [6, 6.07) is 48.6. The molecule has 6 aromatic carbocycles. The number of fused-ring (bicyclic) bond motifs is 2. The third-order valence-corrected chi connectivity index (χ3v) is 17.4. The zero-order chi connectivity index (χ0) is 45.7. The van der Waals surface area contributed by atoms with Gasteiger partial charge >= 0.3 is 0 Å². The number of nitrogens with zero attached hydrogens (tertiary/aromatic N) is 2. The number of anilines is 3. The first-order valence-corrected chi connectivity index (χ1v) is 25.0. The van der Waals surface area contributed by atoms with Crippen LogP contribution in [0.25, 0.3) is 0 Å². The molecule has 2 aliphatic rings. The van der Waals surface area contributed by atoms with E-state index < -0.39 is 25.7 Å². The molecule has 2 aliphatic heterocycles. The van der Waals surface area contributed by atoms with Crippen molar-refractivity contribution in [3.05, 3.63) is 186 Å². The Morgan fingerprint density at radius 2 is 1.32 bits per heavy atom. The molecule has 1 saturated heterocycles. The predicted octanol–water partition coefficient (Wildman–Crippen LogP) is 8.37. The molecule has 0 aliphatic carbocycles. The van der Waals surface area contributed by atoms with Crippen molar-refractivity contribution < 1.29 is 33.8 Å². The quantitative estimate of drug-likeness (QED) is 0.0882. The molecule has 3 N–H and O–H groups in total. The number of methoxy groups -OCH3 is 1. The van der Waals surface area contributed by atoms with E-state index in [2.05, 4.69) is 42.8 Å². The van der Waals surface area contributed by atoms with E-state index in [1.165, 1.54) is 0 Å². The van der Waals surface area contributed by atoms with Crippen molar-refractivity contribution in [3.63, 3.8) is 0 Å². The molecule has 11 nitrogen and oxygen atoms in total. The average molecular weight is 887 g/mol. The highest BCUT2D eigenvalue weighted by Gasteiger charge is 2.66. The fourth-order valence-electron chi connectivity index (χ4n) is 9.73. The van der Waals surface area contributed by atoms with Crippen LogP contribution in [0.3, 0.4) is 0 Å². The number of nitrogens with one attached hydrogen (secondary N) is 2. The number of carbonyl (C=O) groups excluding carboxylic acids is 4. The van der Waals surface area contributed by atoms with E-state index in [1.807, 2.05) is 103 Å². The first kappa shape index (κ1) is 44.7. The molecule has 2 heterocycles. The minimum atomic E-state index is -2.65. The van der Waals surface area contributed by atoms with Gasteiger partial charge in [0.1, 0.15) is 5.75 Å². The minimum Gasteiger partial charge on any atom is -0.497 e. The maximum absolute atomic E-state index is 15.7. The maximum atomic E-state index is 15.7. The Hall–Kier alpha value is -6.86. The standard InChI is InChI=1S/C53H54N4O7Si/c1-36-49(65(3,4)44-27-25-43(63-2)26-28-44)47(33-48(59)56(30-31-58)34-37-14-8-5-9-15-37)64-53(36)45-32-42(55-51(61)40-18-12-7-13-19-40)24-29-46(45)57(52(53)62)35-38-20-22-41(23-21-38)54-50(60)39-16-10-6-11-17-39/h5-29,32,36,47,49,58H,30-31,33-35H2,1-4H3,(H,54,60)(H,55,61)/t36-,47+,49-,53+/m0/s1. The summed E-state index contributed by atoms with van der Waals surface area (Å²) < 4.78 is 12.9. The molecule has 1 spiro atoms. The van der Waals surface area contributed by atoms with Gasteiger partial charge in [-0.1, -0.05) is 116 Å². The number of benzene rings is 6. The lowest BCUT2D eigenvalue weighted by atomic mass is 9.82. The van der Waals surface area contributed by atoms with Gasteiger partial charge in [-0.05, 0) is 83.4 Å². The highest BCUT2D eigenvalue weighted by molar-refractivity contribution is 6.91. The number of hydrogen-bond donors (Lipinski definition) is 3. The predicted molar refractivity (Wildman–Crippen MR) is 256 cm³/mol. The smallest absolute Gasteiger partial charge is 0.264 e. The van der Waals surface area contributed by atoms with Crippen LogP contribution in [-0.4, -0.2) is 68.1 Å². The van der Waals surface area contributed by atoms with Crippen LogP contribution in [0.5, 0.6) is 5.75 Å². The van der Waals surface area contributed by atoms with E-state index >= 15 is 4.79 Å². The molecule has 65 heavy (non-hydrogen) atoms. The largest absolute Gasteiger partial charge is 0.497 e. The number of rotatable bonds is 15. The van der Waals surface area contributed by atoms with Crippen molar-refractivity contribution in [2.45, 2.75) is 56.8 Å². The Bertz CT molecular complexity index is 2650. The second-order valence-corrected chi connectivity index (χ2v) is 22.0. The number of aliphatic hydroxyl groups excluding tert-OH is 1. The van der Waals surface area contributed by atoms with Crippen LogP contribution in [0.15, 0.2) is 158 Å². The lowest BCUT2D eigenvalue weighted by Gasteiger charge is -2.37. The number of carbonyl (C=O) groups is 4. The van der Waals surface area contributed by atoms with E-state index in [1.54, 1.807) is 59.4 Å². The molecule has 332 valence electrons. The zero-order valence-corrected chi connectivity index (χ0v) is 38.1. The molecule has 4 amide bonds. The van der Waals surface area contributed by atoms with E-state index in [0.717, 1.165) is 22.1 Å². The zero-order valence-electron chi connectivity index (χ0n) is 37.1. The number of aliphatic hydroxyl groups is 1. The van der Waals surface area contributed by atoms with Gasteiger partial charge in [0.05, 0.1) is 46.5 Å². The van der Waals surface area contributed by atoms with Crippen molar-refractivity contribution in [1.82, 2.24) is 4.90 Å². The molecule has 4 atom stereocenters. The SMILES string of the molecule is COc1ccc([Si](C)(C)[C@@H]2[C@@H](CC(=O)N(CCO)Cc3ccccc3)O[C@]3(C(=O)N(Cc4ccc(NC(=O)c5ccccc5)cc4)c4ccc(NC(=O)c5ccccc5)cc43)[C@H]2C)cc1. The van der Waals surface area contributed by atoms with Crippen molar-refractivity contribution in [2.75, 3.05) is 35.8 Å². The molecule has 6 aromatic rings. The summed E-state index contributed by atoms with van der Waals surface area (Å²) in [7, 11) is -1.01. The Morgan fingerprint density at radius 1 is 0.754 bits per heavy atom. The fraction of sp³-hybridized carbons (Fsp3) is 0.245. The van der Waals surface area contributed by atoms with Gasteiger partial charge in [-0.15, -0.1) is 0 Å². The molecule has 1 fully saturated rings. The van der Waals surface area contributed by atoms with Crippen LogP contribution >= 0.6 is 0 Å². The molecule has 0 bridgehead atoms. The lowest BCUT2D eigenvalue weighted by Crippen LogP contribution is -2.52. The minimum absolute atomic E-state index is 0.0145. The second-order valence-electron chi connectivity index (χ2n) is 17.3. The van der Waals surface area contributed by atoms with Gasteiger partial charge in [0.2, 0.25) is 5.91 Å². The van der Waals surface area contributed by atoms with Crippen LogP contribution in [0.2, 0.25) is 18.6 Å². The lowest BCUT2D eigenvalue weighted by molar-refractivity contribution is -0.150. The summed E-state index contributed by atoms with van der Waals surface area (Å²) >= 11 is 0. The summed E-state index contributed by atoms with van der Waals surface area (Å²) in [6.45, 7) is 7.02. The molecule has 0 radical (unpaired) electrons.